The van der Waals surface area contributed by atoms with E-state index in [2.05, 4.69) is 10.1 Å². The number of aliphatic hydroxyl groups excluding tert-OH is 1. The third kappa shape index (κ3) is 3.55. The largest absolute Gasteiger partial charge is 0.465 e. The van der Waals surface area contributed by atoms with Crippen LogP contribution in [0.3, 0.4) is 0 Å². The number of amides is 1. The van der Waals surface area contributed by atoms with Crippen LogP contribution in [0.15, 0.2) is 24.3 Å². The molecule has 0 aromatic heterocycles. The number of methoxy groups -OCH3 is 1. The number of benzene rings is 1. The number of esters is 1. The number of nitrogens with one attached hydrogen (secondary N) is 1. The van der Waals surface area contributed by atoms with Crippen LogP contribution < -0.4 is 5.32 Å². The highest BCUT2D eigenvalue weighted by Gasteiger charge is 2.27. The van der Waals surface area contributed by atoms with Crippen molar-refractivity contribution in [1.29, 1.82) is 0 Å². The molecule has 0 aliphatic carbocycles. The topological polar surface area (TPSA) is 78.9 Å². The molecule has 1 aromatic carbocycles. The van der Waals surface area contributed by atoms with E-state index in [1.54, 1.807) is 24.3 Å². The van der Waals surface area contributed by atoms with Gasteiger partial charge in [-0.05, 0) is 24.3 Å². The summed E-state index contributed by atoms with van der Waals surface area (Å²) in [6.45, 7) is 2.00. The van der Waals surface area contributed by atoms with E-state index in [1.165, 1.54) is 7.11 Å². The van der Waals surface area contributed by atoms with Crippen LogP contribution in [-0.2, 0) is 9.53 Å². The lowest BCUT2D eigenvalue weighted by molar-refractivity contribution is -0.119. The van der Waals surface area contributed by atoms with Gasteiger partial charge in [0.2, 0.25) is 5.91 Å². The Kier molecular flexibility index (Phi) is 4.70. The van der Waals surface area contributed by atoms with Crippen molar-refractivity contribution >= 4 is 17.6 Å². The van der Waals surface area contributed by atoms with E-state index in [0.29, 0.717) is 23.7 Å². The molecule has 2 N–H and O–H groups in total. The molecule has 1 amide bonds. The zero-order valence-corrected chi connectivity index (χ0v) is 11.3. The molecule has 1 saturated heterocycles. The van der Waals surface area contributed by atoms with Gasteiger partial charge in [0.25, 0.3) is 0 Å². The lowest BCUT2D eigenvalue weighted by atomic mass is 10.0. The molecule has 0 radical (unpaired) electrons. The number of carbonyl (C=O) groups is 2. The van der Waals surface area contributed by atoms with E-state index in [0.717, 1.165) is 13.1 Å². The highest BCUT2D eigenvalue weighted by molar-refractivity contribution is 5.94. The number of nitrogens with zero attached hydrogens (tertiary/aromatic N) is 1. The van der Waals surface area contributed by atoms with Gasteiger partial charge in [-0.25, -0.2) is 4.79 Å². The van der Waals surface area contributed by atoms with E-state index in [-0.39, 0.29) is 12.5 Å². The Morgan fingerprint density at radius 3 is 2.55 bits per heavy atom. The van der Waals surface area contributed by atoms with Crippen LogP contribution in [0, 0.1) is 5.92 Å². The van der Waals surface area contributed by atoms with Crippen LogP contribution in [0.4, 0.5) is 5.69 Å². The normalized spacial score (nSPS) is 15.5. The van der Waals surface area contributed by atoms with Crippen molar-refractivity contribution in [2.45, 2.75) is 0 Å². The van der Waals surface area contributed by atoms with Gasteiger partial charge in [0.1, 0.15) is 0 Å². The summed E-state index contributed by atoms with van der Waals surface area (Å²) in [5.74, 6) is -0.215. The van der Waals surface area contributed by atoms with Gasteiger partial charge in [-0.1, -0.05) is 0 Å². The number of rotatable bonds is 5. The van der Waals surface area contributed by atoms with Gasteiger partial charge >= 0.3 is 5.97 Å². The van der Waals surface area contributed by atoms with Crippen molar-refractivity contribution < 1.29 is 19.4 Å². The summed E-state index contributed by atoms with van der Waals surface area (Å²) in [5.41, 5.74) is 1.08. The molecule has 6 nitrogen and oxygen atoms in total. The van der Waals surface area contributed by atoms with Gasteiger partial charge in [-0.15, -0.1) is 0 Å². The molecule has 20 heavy (non-hydrogen) atoms. The minimum atomic E-state index is -0.404. The van der Waals surface area contributed by atoms with E-state index in [4.69, 9.17) is 5.11 Å². The molecular weight excluding hydrogens is 260 g/mol. The first-order chi connectivity index (χ1) is 9.62. The third-order valence-corrected chi connectivity index (χ3v) is 3.25. The summed E-state index contributed by atoms with van der Waals surface area (Å²) in [4.78, 5) is 25.0. The molecule has 2 rings (SSSR count). The third-order valence-electron chi connectivity index (χ3n) is 3.25. The number of hydrogen-bond donors (Lipinski definition) is 2. The maximum atomic E-state index is 11.8. The molecule has 1 aliphatic rings. The Bertz CT molecular complexity index is 480. The van der Waals surface area contributed by atoms with Gasteiger partial charge in [0.15, 0.2) is 0 Å². The van der Waals surface area contributed by atoms with E-state index < -0.39 is 5.97 Å². The quantitative estimate of drug-likeness (QED) is 0.759. The number of anilines is 1. The Balaban J connectivity index is 1.81. The van der Waals surface area contributed by atoms with Crippen LogP contribution in [0.2, 0.25) is 0 Å². The first kappa shape index (κ1) is 14.5. The lowest BCUT2D eigenvalue weighted by Crippen LogP contribution is -2.51. The second kappa shape index (κ2) is 6.49. The van der Waals surface area contributed by atoms with Crippen LogP contribution >= 0.6 is 0 Å². The first-order valence-electron chi connectivity index (χ1n) is 6.44. The zero-order valence-electron chi connectivity index (χ0n) is 11.3. The predicted octanol–water partition coefficient (Wildman–Crippen LogP) is 0.336. The number of carbonyl (C=O) groups excluding carboxylic acids is 2. The zero-order chi connectivity index (χ0) is 14.5. The molecule has 0 bridgehead atoms. The lowest BCUT2D eigenvalue weighted by Gasteiger charge is -2.37. The molecule has 1 aromatic rings. The average molecular weight is 278 g/mol. The molecule has 6 heteroatoms. The highest BCUT2D eigenvalue weighted by atomic mass is 16.5. The molecule has 1 fully saturated rings. The van der Waals surface area contributed by atoms with Gasteiger partial charge < -0.3 is 15.2 Å². The number of aliphatic hydroxyl groups is 1. The molecule has 108 valence electrons. The molecular formula is C14H18N2O4. The maximum Gasteiger partial charge on any atom is 0.337 e. The van der Waals surface area contributed by atoms with Crippen LogP contribution in [0.25, 0.3) is 0 Å². The monoisotopic (exact) mass is 278 g/mol. The summed E-state index contributed by atoms with van der Waals surface area (Å²) >= 11 is 0. The predicted molar refractivity (Wildman–Crippen MR) is 73.4 cm³/mol. The Hall–Kier alpha value is -1.92. The highest BCUT2D eigenvalue weighted by Crippen LogP contribution is 2.15. The van der Waals surface area contributed by atoms with E-state index in [1.807, 2.05) is 4.90 Å². The molecule has 0 atom stereocenters. The number of likely N-dealkylation sites (tertiary alicyclic amines) is 1. The molecule has 1 aliphatic heterocycles. The molecule has 0 saturated carbocycles. The first-order valence-corrected chi connectivity index (χ1v) is 6.44. The Morgan fingerprint density at radius 1 is 1.35 bits per heavy atom. The summed E-state index contributed by atoms with van der Waals surface area (Å²) < 4.78 is 4.60. The SMILES string of the molecule is COC(=O)c1ccc(NC(=O)CN2CC(CO)C2)cc1. The van der Waals surface area contributed by atoms with E-state index >= 15 is 0 Å². The molecule has 1 heterocycles. The summed E-state index contributed by atoms with van der Waals surface area (Å²) in [6, 6.07) is 6.54. The summed E-state index contributed by atoms with van der Waals surface area (Å²) in [7, 11) is 1.32. The van der Waals surface area contributed by atoms with Gasteiger partial charge in [0.05, 0.1) is 19.2 Å². The minimum absolute atomic E-state index is 0.104. The van der Waals surface area contributed by atoms with Crippen molar-refractivity contribution in [3.05, 3.63) is 29.8 Å². The van der Waals surface area contributed by atoms with Gasteiger partial charge in [-0.2, -0.15) is 0 Å². The van der Waals surface area contributed by atoms with Gasteiger partial charge in [-0.3, -0.25) is 9.69 Å². The van der Waals surface area contributed by atoms with Crippen molar-refractivity contribution in [1.82, 2.24) is 4.90 Å². The average Bonchev–Trinajstić information content (AvgIpc) is 2.42. The van der Waals surface area contributed by atoms with Crippen LogP contribution in [-0.4, -0.2) is 55.2 Å². The number of hydrogen-bond acceptors (Lipinski definition) is 5. The van der Waals surface area contributed by atoms with Gasteiger partial charge in [0, 0.05) is 31.3 Å². The van der Waals surface area contributed by atoms with Crippen LogP contribution in [0.1, 0.15) is 10.4 Å². The van der Waals surface area contributed by atoms with Crippen molar-refractivity contribution in [2.75, 3.05) is 38.7 Å². The summed E-state index contributed by atoms with van der Waals surface area (Å²) in [5, 5.41) is 11.7. The van der Waals surface area contributed by atoms with E-state index in [9.17, 15) is 9.59 Å². The second-order valence-electron chi connectivity index (χ2n) is 4.86. The van der Waals surface area contributed by atoms with Crippen molar-refractivity contribution in [3.8, 4) is 0 Å². The second-order valence-corrected chi connectivity index (χ2v) is 4.86. The Labute approximate surface area is 117 Å². The molecule has 0 spiro atoms. The fourth-order valence-corrected chi connectivity index (χ4v) is 2.13. The van der Waals surface area contributed by atoms with Crippen molar-refractivity contribution in [3.63, 3.8) is 0 Å². The fourth-order valence-electron chi connectivity index (χ4n) is 2.13. The maximum absolute atomic E-state index is 11.8. The Morgan fingerprint density at radius 2 is 2.00 bits per heavy atom. The smallest absolute Gasteiger partial charge is 0.337 e. The minimum Gasteiger partial charge on any atom is -0.465 e. The fraction of sp³-hybridized carbons (Fsp3) is 0.429. The standard InChI is InChI=1S/C14H18N2O4/c1-20-14(19)11-2-4-12(5-3-11)15-13(18)8-16-6-10(7-16)9-17/h2-5,10,17H,6-9H2,1H3,(H,15,18). The summed E-state index contributed by atoms with van der Waals surface area (Å²) in [6.07, 6.45) is 0. The number of ether oxygens (including phenoxy) is 1. The van der Waals surface area contributed by atoms with Crippen LogP contribution in [0.5, 0.6) is 0 Å². The molecule has 0 unspecified atom stereocenters. The van der Waals surface area contributed by atoms with Crippen molar-refractivity contribution in [2.24, 2.45) is 5.92 Å².